The van der Waals surface area contributed by atoms with Crippen molar-refractivity contribution >= 4 is 40.1 Å². The Bertz CT molecular complexity index is 935. The molecule has 0 fully saturated rings. The van der Waals surface area contributed by atoms with E-state index in [2.05, 4.69) is 4.98 Å². The van der Waals surface area contributed by atoms with Gasteiger partial charge >= 0.3 is 5.91 Å². The zero-order valence-electron chi connectivity index (χ0n) is 12.9. The number of hydrogen-bond donors (Lipinski definition) is 0. The van der Waals surface area contributed by atoms with Crippen LogP contribution >= 0.6 is 11.6 Å². The lowest BCUT2D eigenvalue weighted by atomic mass is 10.2. The predicted octanol–water partition coefficient (Wildman–Crippen LogP) is 3.68. The van der Waals surface area contributed by atoms with Crippen LogP contribution in [0, 0.1) is 0 Å². The van der Waals surface area contributed by atoms with E-state index in [9.17, 15) is 9.59 Å². The number of pyridine rings is 1. The van der Waals surface area contributed by atoms with Crippen LogP contribution in [-0.2, 0) is 4.79 Å². The number of carbonyl (C=O) groups excluding carboxylic acids is 2. The van der Waals surface area contributed by atoms with Gasteiger partial charge in [-0.1, -0.05) is 17.7 Å². The summed E-state index contributed by atoms with van der Waals surface area (Å²) in [6, 6.07) is 9.89. The molecule has 0 aliphatic rings. The summed E-state index contributed by atoms with van der Waals surface area (Å²) in [5.74, 6) is -0.549. The normalized spacial score (nSPS) is 10.6. The van der Waals surface area contributed by atoms with Crippen molar-refractivity contribution in [2.24, 2.45) is 0 Å². The molecule has 0 N–H and O–H groups in total. The van der Waals surface area contributed by atoms with Crippen molar-refractivity contribution in [2.75, 3.05) is 12.0 Å². The quantitative estimate of drug-likeness (QED) is 0.678. The number of halogens is 1. The molecule has 2 heterocycles. The van der Waals surface area contributed by atoms with Gasteiger partial charge in [0, 0.05) is 19.2 Å². The number of amides is 2. The maximum absolute atomic E-state index is 12.8. The molecule has 0 aliphatic heterocycles. The van der Waals surface area contributed by atoms with Gasteiger partial charge in [0.1, 0.15) is 11.3 Å². The standard InChI is InChI=1S/C17H13ClN2O4/c1-10(21)20(12-5-4-8-19-16(12)18)17(22)15-9-11-13(23-2)6-3-7-14(11)24-15/h3-9H,1-2H3. The van der Waals surface area contributed by atoms with Crippen LogP contribution in [0.5, 0.6) is 5.75 Å². The van der Waals surface area contributed by atoms with E-state index in [-0.39, 0.29) is 16.6 Å². The van der Waals surface area contributed by atoms with Gasteiger partial charge in [-0.25, -0.2) is 9.88 Å². The second-order valence-electron chi connectivity index (χ2n) is 4.96. The zero-order valence-corrected chi connectivity index (χ0v) is 13.7. The molecule has 0 aliphatic carbocycles. The SMILES string of the molecule is COc1cccc2oc(C(=O)N(C(C)=O)c3cccnc3Cl)cc12. The van der Waals surface area contributed by atoms with Gasteiger partial charge in [-0.15, -0.1) is 0 Å². The fourth-order valence-corrected chi connectivity index (χ4v) is 2.60. The Morgan fingerprint density at radius 2 is 2.04 bits per heavy atom. The van der Waals surface area contributed by atoms with Crippen LogP contribution in [0.15, 0.2) is 47.0 Å². The summed E-state index contributed by atoms with van der Waals surface area (Å²) in [4.78, 5) is 29.6. The first-order valence-corrected chi connectivity index (χ1v) is 7.43. The van der Waals surface area contributed by atoms with Gasteiger partial charge < -0.3 is 9.15 Å². The molecule has 1 aromatic carbocycles. The van der Waals surface area contributed by atoms with Crippen LogP contribution in [0.2, 0.25) is 5.15 Å². The number of fused-ring (bicyclic) bond motifs is 1. The first-order chi connectivity index (χ1) is 11.5. The Morgan fingerprint density at radius 1 is 1.25 bits per heavy atom. The van der Waals surface area contributed by atoms with Gasteiger partial charge in [0.25, 0.3) is 0 Å². The van der Waals surface area contributed by atoms with E-state index in [0.717, 1.165) is 4.90 Å². The van der Waals surface area contributed by atoms with E-state index in [0.29, 0.717) is 16.7 Å². The summed E-state index contributed by atoms with van der Waals surface area (Å²) >= 11 is 6.01. The molecule has 0 bridgehead atoms. The van der Waals surface area contributed by atoms with Crippen LogP contribution < -0.4 is 9.64 Å². The fraction of sp³-hybridized carbons (Fsp3) is 0.118. The summed E-state index contributed by atoms with van der Waals surface area (Å²) in [7, 11) is 1.53. The highest BCUT2D eigenvalue weighted by Gasteiger charge is 2.27. The Labute approximate surface area is 142 Å². The molecule has 0 saturated heterocycles. The van der Waals surface area contributed by atoms with E-state index in [1.54, 1.807) is 24.3 Å². The van der Waals surface area contributed by atoms with Crippen LogP contribution in [-0.4, -0.2) is 23.9 Å². The smallest absolute Gasteiger partial charge is 0.300 e. The first-order valence-electron chi connectivity index (χ1n) is 7.05. The lowest BCUT2D eigenvalue weighted by Gasteiger charge is -2.18. The third-order valence-electron chi connectivity index (χ3n) is 3.45. The van der Waals surface area contributed by atoms with Gasteiger partial charge in [0.15, 0.2) is 10.9 Å². The monoisotopic (exact) mass is 344 g/mol. The Morgan fingerprint density at radius 3 is 2.71 bits per heavy atom. The topological polar surface area (TPSA) is 72.6 Å². The minimum Gasteiger partial charge on any atom is -0.496 e. The van der Waals surface area contributed by atoms with E-state index >= 15 is 0 Å². The average molecular weight is 345 g/mol. The molecule has 2 amide bonds. The summed E-state index contributed by atoms with van der Waals surface area (Å²) in [6.45, 7) is 1.27. The molecule has 0 spiro atoms. The summed E-state index contributed by atoms with van der Waals surface area (Å²) in [6.07, 6.45) is 1.47. The van der Waals surface area contributed by atoms with Crippen LogP contribution in [0.3, 0.4) is 0 Å². The number of imide groups is 1. The van der Waals surface area contributed by atoms with Crippen LogP contribution in [0.25, 0.3) is 11.0 Å². The molecule has 0 radical (unpaired) electrons. The van der Waals surface area contributed by atoms with Crippen LogP contribution in [0.1, 0.15) is 17.5 Å². The Balaban J connectivity index is 2.09. The molecular formula is C17H13ClN2O4. The van der Waals surface area contributed by atoms with E-state index in [1.807, 2.05) is 0 Å². The number of nitrogens with zero attached hydrogens (tertiary/aromatic N) is 2. The molecule has 0 atom stereocenters. The molecular weight excluding hydrogens is 332 g/mol. The number of rotatable bonds is 3. The van der Waals surface area contributed by atoms with Gasteiger partial charge in [-0.2, -0.15) is 0 Å². The van der Waals surface area contributed by atoms with Gasteiger partial charge in [0.2, 0.25) is 5.91 Å². The third-order valence-corrected chi connectivity index (χ3v) is 3.74. The van der Waals surface area contributed by atoms with E-state index < -0.39 is 11.8 Å². The lowest BCUT2D eigenvalue weighted by molar-refractivity contribution is -0.116. The highest BCUT2D eigenvalue weighted by molar-refractivity contribution is 6.34. The van der Waals surface area contributed by atoms with Crippen molar-refractivity contribution in [3.05, 3.63) is 53.5 Å². The summed E-state index contributed by atoms with van der Waals surface area (Å²) < 4.78 is 10.8. The number of hydrogen-bond acceptors (Lipinski definition) is 5. The van der Waals surface area contributed by atoms with Gasteiger partial charge in [-0.05, 0) is 24.3 Å². The Kier molecular flexibility index (Phi) is 4.22. The molecule has 7 heteroatoms. The maximum Gasteiger partial charge on any atom is 0.300 e. The van der Waals surface area contributed by atoms with Crippen molar-refractivity contribution in [3.63, 3.8) is 0 Å². The van der Waals surface area contributed by atoms with Crippen molar-refractivity contribution in [2.45, 2.75) is 6.92 Å². The summed E-state index contributed by atoms with van der Waals surface area (Å²) in [5, 5.41) is 0.693. The third kappa shape index (κ3) is 2.72. The molecule has 0 unspecified atom stereocenters. The van der Waals surface area contributed by atoms with Crippen molar-refractivity contribution in [1.29, 1.82) is 0 Å². The number of anilines is 1. The lowest BCUT2D eigenvalue weighted by Crippen LogP contribution is -2.35. The van der Waals surface area contributed by atoms with E-state index in [1.165, 1.54) is 32.4 Å². The van der Waals surface area contributed by atoms with Crippen molar-refractivity contribution in [3.8, 4) is 5.75 Å². The first kappa shape index (κ1) is 16.0. The zero-order chi connectivity index (χ0) is 17.3. The number of benzene rings is 1. The highest BCUT2D eigenvalue weighted by Crippen LogP contribution is 2.31. The minimum absolute atomic E-state index is 0.00428. The maximum atomic E-state index is 12.8. The predicted molar refractivity (Wildman–Crippen MR) is 89.5 cm³/mol. The molecule has 3 rings (SSSR count). The number of furan rings is 1. The van der Waals surface area contributed by atoms with E-state index in [4.69, 9.17) is 20.8 Å². The van der Waals surface area contributed by atoms with Crippen LogP contribution in [0.4, 0.5) is 5.69 Å². The molecule has 24 heavy (non-hydrogen) atoms. The molecule has 122 valence electrons. The average Bonchev–Trinajstić information content (AvgIpc) is 3.00. The number of ether oxygens (including phenoxy) is 1. The molecule has 3 aromatic rings. The molecule has 2 aromatic heterocycles. The second kappa shape index (κ2) is 6.33. The molecule has 6 nitrogen and oxygen atoms in total. The number of carbonyl (C=O) groups is 2. The minimum atomic E-state index is -0.629. The second-order valence-corrected chi connectivity index (χ2v) is 5.31. The van der Waals surface area contributed by atoms with Gasteiger partial charge in [-0.3, -0.25) is 9.59 Å². The summed E-state index contributed by atoms with van der Waals surface area (Å²) in [5.41, 5.74) is 0.683. The largest absolute Gasteiger partial charge is 0.496 e. The molecule has 0 saturated carbocycles. The number of aromatic nitrogens is 1. The highest BCUT2D eigenvalue weighted by atomic mass is 35.5. The van der Waals surface area contributed by atoms with Crippen molar-refractivity contribution in [1.82, 2.24) is 4.98 Å². The van der Waals surface area contributed by atoms with Crippen molar-refractivity contribution < 1.29 is 18.7 Å². The fourth-order valence-electron chi connectivity index (χ4n) is 2.39. The number of methoxy groups -OCH3 is 1. The van der Waals surface area contributed by atoms with Gasteiger partial charge in [0.05, 0.1) is 18.2 Å². The Hall–Kier alpha value is -2.86.